The van der Waals surface area contributed by atoms with Crippen molar-refractivity contribution in [2.75, 3.05) is 33.7 Å². The standard InChI is InChI=1S/C13H25N3O2/c1-13(2,3)18-12(17)16-7-10(14-4)9-6-15(5)8-11(9)16/h9-11,14H,6-8H2,1-5H3. The first kappa shape index (κ1) is 13.6. The van der Waals surface area contributed by atoms with Crippen molar-refractivity contribution < 1.29 is 9.53 Å². The Morgan fingerprint density at radius 1 is 1.28 bits per heavy atom. The lowest BCUT2D eigenvalue weighted by molar-refractivity contribution is 0.0218. The molecule has 2 rings (SSSR count). The van der Waals surface area contributed by atoms with Gasteiger partial charge in [-0.2, -0.15) is 0 Å². The van der Waals surface area contributed by atoms with E-state index in [-0.39, 0.29) is 6.09 Å². The van der Waals surface area contributed by atoms with Gasteiger partial charge in [0.2, 0.25) is 0 Å². The van der Waals surface area contributed by atoms with Crippen molar-refractivity contribution in [1.29, 1.82) is 0 Å². The molecule has 0 radical (unpaired) electrons. The number of fused-ring (bicyclic) bond motifs is 1. The smallest absolute Gasteiger partial charge is 0.410 e. The zero-order valence-electron chi connectivity index (χ0n) is 12.1. The molecule has 0 aromatic heterocycles. The Hall–Kier alpha value is -0.810. The van der Waals surface area contributed by atoms with Crippen LogP contribution in [0.25, 0.3) is 0 Å². The summed E-state index contributed by atoms with van der Waals surface area (Å²) in [6.07, 6.45) is -0.175. The van der Waals surface area contributed by atoms with E-state index in [1.54, 1.807) is 0 Å². The minimum Gasteiger partial charge on any atom is -0.444 e. The lowest BCUT2D eigenvalue weighted by Crippen LogP contribution is -2.43. The lowest BCUT2D eigenvalue weighted by atomic mass is 10.0. The number of nitrogens with one attached hydrogen (secondary N) is 1. The van der Waals surface area contributed by atoms with Crippen LogP contribution in [0.3, 0.4) is 0 Å². The second-order valence-corrected chi connectivity index (χ2v) is 6.48. The Kier molecular flexibility index (Phi) is 3.56. The number of nitrogens with zero attached hydrogens (tertiary/aromatic N) is 2. The minimum atomic E-state index is -0.422. The van der Waals surface area contributed by atoms with Crippen LogP contribution in [0.1, 0.15) is 20.8 Å². The lowest BCUT2D eigenvalue weighted by Gasteiger charge is -2.28. The molecular weight excluding hydrogens is 230 g/mol. The van der Waals surface area contributed by atoms with Crippen LogP contribution >= 0.6 is 0 Å². The summed E-state index contributed by atoms with van der Waals surface area (Å²) in [5.41, 5.74) is -0.422. The Labute approximate surface area is 109 Å². The van der Waals surface area contributed by atoms with Crippen LogP contribution in [-0.4, -0.2) is 67.3 Å². The maximum absolute atomic E-state index is 12.2. The summed E-state index contributed by atoms with van der Waals surface area (Å²) in [5, 5.41) is 3.33. The zero-order chi connectivity index (χ0) is 13.5. The van der Waals surface area contributed by atoms with E-state index in [0.717, 1.165) is 19.6 Å². The van der Waals surface area contributed by atoms with E-state index in [1.807, 2.05) is 32.7 Å². The van der Waals surface area contributed by atoms with Gasteiger partial charge in [0, 0.05) is 31.6 Å². The summed E-state index contributed by atoms with van der Waals surface area (Å²) in [4.78, 5) is 16.4. The third kappa shape index (κ3) is 2.62. The van der Waals surface area contributed by atoms with Crippen LogP contribution in [0, 0.1) is 5.92 Å². The summed E-state index contributed by atoms with van der Waals surface area (Å²) in [5.74, 6) is 0.521. The molecule has 104 valence electrons. The van der Waals surface area contributed by atoms with Gasteiger partial charge in [0.05, 0.1) is 6.04 Å². The maximum Gasteiger partial charge on any atom is 0.410 e. The molecular formula is C13H25N3O2. The van der Waals surface area contributed by atoms with Crippen LogP contribution in [-0.2, 0) is 4.74 Å². The van der Waals surface area contributed by atoms with E-state index >= 15 is 0 Å². The predicted molar refractivity (Wildman–Crippen MR) is 70.6 cm³/mol. The molecule has 2 fully saturated rings. The summed E-state index contributed by atoms with van der Waals surface area (Å²) < 4.78 is 5.50. The molecule has 3 atom stereocenters. The third-order valence-electron chi connectivity index (χ3n) is 3.82. The normalized spacial score (nSPS) is 32.7. The number of hydrogen-bond acceptors (Lipinski definition) is 4. The number of hydrogen-bond donors (Lipinski definition) is 1. The number of amides is 1. The zero-order valence-corrected chi connectivity index (χ0v) is 12.1. The number of likely N-dealkylation sites (N-methyl/N-ethyl adjacent to an activating group) is 2. The van der Waals surface area contributed by atoms with E-state index in [2.05, 4.69) is 17.3 Å². The highest BCUT2D eigenvalue weighted by atomic mass is 16.6. The molecule has 0 aromatic rings. The topological polar surface area (TPSA) is 44.8 Å². The molecule has 1 amide bonds. The van der Waals surface area contributed by atoms with Gasteiger partial charge in [0.1, 0.15) is 5.60 Å². The summed E-state index contributed by atoms with van der Waals surface area (Å²) in [6.45, 7) is 8.49. The van der Waals surface area contributed by atoms with Gasteiger partial charge >= 0.3 is 6.09 Å². The molecule has 18 heavy (non-hydrogen) atoms. The van der Waals surface area contributed by atoms with Gasteiger partial charge in [-0.25, -0.2) is 4.79 Å². The van der Waals surface area contributed by atoms with Gasteiger partial charge in [-0.1, -0.05) is 0 Å². The molecule has 1 N–H and O–H groups in total. The highest BCUT2D eigenvalue weighted by Crippen LogP contribution is 2.32. The van der Waals surface area contributed by atoms with Crippen molar-refractivity contribution in [1.82, 2.24) is 15.1 Å². The molecule has 2 aliphatic heterocycles. The second-order valence-electron chi connectivity index (χ2n) is 6.48. The maximum atomic E-state index is 12.2. The first-order chi connectivity index (χ1) is 8.31. The van der Waals surface area contributed by atoms with E-state index < -0.39 is 5.60 Å². The Morgan fingerprint density at radius 3 is 2.50 bits per heavy atom. The highest BCUT2D eigenvalue weighted by Gasteiger charge is 2.48. The number of likely N-dealkylation sites (tertiary alicyclic amines) is 2. The van der Waals surface area contributed by atoms with E-state index in [0.29, 0.717) is 18.0 Å². The van der Waals surface area contributed by atoms with Crippen LogP contribution in [0.15, 0.2) is 0 Å². The van der Waals surface area contributed by atoms with Gasteiger partial charge in [-0.05, 0) is 34.9 Å². The molecule has 0 bridgehead atoms. The average Bonchev–Trinajstić information content (AvgIpc) is 2.71. The van der Waals surface area contributed by atoms with Crippen molar-refractivity contribution in [3.05, 3.63) is 0 Å². The molecule has 2 heterocycles. The second kappa shape index (κ2) is 4.70. The fourth-order valence-corrected chi connectivity index (χ4v) is 3.05. The number of ether oxygens (including phenoxy) is 1. The fraction of sp³-hybridized carbons (Fsp3) is 0.923. The SMILES string of the molecule is CNC1CN(C(=O)OC(C)(C)C)C2CN(C)CC12. The van der Waals surface area contributed by atoms with Crippen LogP contribution in [0.5, 0.6) is 0 Å². The first-order valence-electron chi connectivity index (χ1n) is 6.67. The summed E-state index contributed by atoms with van der Waals surface area (Å²) in [7, 11) is 4.08. The van der Waals surface area contributed by atoms with Crippen molar-refractivity contribution in [2.24, 2.45) is 5.92 Å². The first-order valence-corrected chi connectivity index (χ1v) is 6.67. The summed E-state index contributed by atoms with van der Waals surface area (Å²) >= 11 is 0. The van der Waals surface area contributed by atoms with Gasteiger partial charge < -0.3 is 19.9 Å². The van der Waals surface area contributed by atoms with Crippen molar-refractivity contribution in [3.8, 4) is 0 Å². The molecule has 2 aliphatic rings. The van der Waals surface area contributed by atoms with E-state index in [4.69, 9.17) is 4.74 Å². The fourth-order valence-electron chi connectivity index (χ4n) is 3.05. The van der Waals surface area contributed by atoms with Gasteiger partial charge in [0.15, 0.2) is 0 Å². The Balaban J connectivity index is 2.07. The molecule has 3 unspecified atom stereocenters. The Bertz CT molecular complexity index is 327. The molecule has 0 saturated carbocycles. The third-order valence-corrected chi connectivity index (χ3v) is 3.82. The molecule has 2 saturated heterocycles. The number of carbonyl (C=O) groups excluding carboxylic acids is 1. The monoisotopic (exact) mass is 255 g/mol. The van der Waals surface area contributed by atoms with Crippen molar-refractivity contribution in [2.45, 2.75) is 38.5 Å². The van der Waals surface area contributed by atoms with Crippen LogP contribution in [0.2, 0.25) is 0 Å². The van der Waals surface area contributed by atoms with Crippen molar-refractivity contribution in [3.63, 3.8) is 0 Å². The van der Waals surface area contributed by atoms with Crippen LogP contribution < -0.4 is 5.32 Å². The summed E-state index contributed by atoms with van der Waals surface area (Å²) in [6, 6.07) is 0.676. The minimum absolute atomic E-state index is 0.175. The molecule has 0 spiro atoms. The molecule has 5 heteroatoms. The van der Waals surface area contributed by atoms with E-state index in [1.165, 1.54) is 0 Å². The van der Waals surface area contributed by atoms with Crippen molar-refractivity contribution >= 4 is 6.09 Å². The van der Waals surface area contributed by atoms with E-state index in [9.17, 15) is 4.79 Å². The number of carbonyl (C=O) groups is 1. The molecule has 5 nitrogen and oxygen atoms in total. The quantitative estimate of drug-likeness (QED) is 0.751. The highest BCUT2D eigenvalue weighted by molar-refractivity contribution is 5.69. The molecule has 0 aromatic carbocycles. The molecule has 0 aliphatic carbocycles. The van der Waals surface area contributed by atoms with Gasteiger partial charge in [0.25, 0.3) is 0 Å². The average molecular weight is 255 g/mol. The van der Waals surface area contributed by atoms with Gasteiger partial charge in [-0.15, -0.1) is 0 Å². The van der Waals surface area contributed by atoms with Crippen LogP contribution in [0.4, 0.5) is 4.79 Å². The Morgan fingerprint density at radius 2 is 1.94 bits per heavy atom. The predicted octanol–water partition coefficient (Wildman–Crippen LogP) is 0.755. The number of rotatable bonds is 1. The van der Waals surface area contributed by atoms with Gasteiger partial charge in [-0.3, -0.25) is 0 Å². The largest absolute Gasteiger partial charge is 0.444 e.